The van der Waals surface area contributed by atoms with Crippen molar-refractivity contribution in [2.45, 2.75) is 45.3 Å². The lowest BCUT2D eigenvalue weighted by atomic mass is 10.1. The standard InChI is InChI=1S/C18H23F2N3O.ClH/c1-21-10-16-9-18(23(22-16)11-13-4-2-3-5-13)24-12-14-8-15(19)6-7-17(14)20;/h6-9,13,21H,2-5,10-12H2,1H3;1H/i12D2;. The predicted octanol–water partition coefficient (Wildman–Crippen LogP) is 4.07. The third-order valence-corrected chi connectivity index (χ3v) is 4.25. The topological polar surface area (TPSA) is 39.1 Å². The minimum Gasteiger partial charge on any atom is -0.473 e. The van der Waals surface area contributed by atoms with Crippen LogP contribution < -0.4 is 10.1 Å². The summed E-state index contributed by atoms with van der Waals surface area (Å²) in [6.45, 7) is -1.39. The summed E-state index contributed by atoms with van der Waals surface area (Å²) in [6.07, 6.45) is 4.57. The van der Waals surface area contributed by atoms with E-state index < -0.39 is 23.8 Å². The Morgan fingerprint density at radius 2 is 2.08 bits per heavy atom. The molecular weight excluding hydrogens is 348 g/mol. The van der Waals surface area contributed by atoms with Gasteiger partial charge in [0.25, 0.3) is 0 Å². The Labute approximate surface area is 155 Å². The fraction of sp³-hybridized carbons (Fsp3) is 0.500. The molecule has 0 unspecified atom stereocenters. The van der Waals surface area contributed by atoms with Gasteiger partial charge in [0.15, 0.2) is 0 Å². The molecule has 0 bridgehead atoms. The molecule has 1 fully saturated rings. The zero-order valence-electron chi connectivity index (χ0n) is 16.1. The molecule has 0 atom stereocenters. The molecule has 1 N–H and O–H groups in total. The Morgan fingerprint density at radius 1 is 1.32 bits per heavy atom. The molecule has 1 aromatic carbocycles. The largest absolute Gasteiger partial charge is 0.473 e. The van der Waals surface area contributed by atoms with E-state index in [1.54, 1.807) is 17.8 Å². The van der Waals surface area contributed by atoms with Gasteiger partial charge in [0.1, 0.15) is 18.2 Å². The van der Waals surface area contributed by atoms with E-state index in [1.165, 1.54) is 12.8 Å². The fourth-order valence-electron chi connectivity index (χ4n) is 3.05. The van der Waals surface area contributed by atoms with E-state index in [1.807, 2.05) is 0 Å². The molecular formula is C18H24ClF2N3O. The molecule has 1 aliphatic carbocycles. The van der Waals surface area contributed by atoms with E-state index in [-0.39, 0.29) is 18.3 Å². The summed E-state index contributed by atoms with van der Waals surface area (Å²) in [5.74, 6) is -0.884. The predicted molar refractivity (Wildman–Crippen MR) is 94.9 cm³/mol. The van der Waals surface area contributed by atoms with Gasteiger partial charge < -0.3 is 10.1 Å². The van der Waals surface area contributed by atoms with Crippen molar-refractivity contribution in [3.63, 3.8) is 0 Å². The van der Waals surface area contributed by atoms with Crippen LogP contribution in [0.2, 0.25) is 0 Å². The number of rotatable bonds is 7. The number of hydrogen-bond acceptors (Lipinski definition) is 3. The third kappa shape index (κ3) is 5.16. The van der Waals surface area contributed by atoms with Gasteiger partial charge in [-0.15, -0.1) is 12.4 Å². The van der Waals surface area contributed by atoms with Gasteiger partial charge in [-0.1, -0.05) is 12.8 Å². The van der Waals surface area contributed by atoms with E-state index >= 15 is 0 Å². The van der Waals surface area contributed by atoms with E-state index in [0.29, 0.717) is 24.7 Å². The molecule has 0 aliphatic heterocycles. The minimum atomic E-state index is -2.52. The first-order valence-electron chi connectivity index (χ1n) is 9.25. The number of ether oxygens (including phenoxy) is 1. The molecule has 1 aromatic heterocycles. The molecule has 0 amide bonds. The molecule has 7 heteroatoms. The lowest BCUT2D eigenvalue weighted by molar-refractivity contribution is 0.257. The second kappa shape index (κ2) is 9.15. The van der Waals surface area contributed by atoms with Gasteiger partial charge in [0.05, 0.1) is 8.44 Å². The first kappa shape index (κ1) is 16.8. The maximum Gasteiger partial charge on any atom is 0.212 e. The van der Waals surface area contributed by atoms with Gasteiger partial charge in [-0.2, -0.15) is 5.10 Å². The molecule has 4 nitrogen and oxygen atoms in total. The monoisotopic (exact) mass is 373 g/mol. The van der Waals surface area contributed by atoms with Crippen LogP contribution >= 0.6 is 12.4 Å². The van der Waals surface area contributed by atoms with Crippen LogP contribution in [-0.4, -0.2) is 16.8 Å². The van der Waals surface area contributed by atoms with Crippen molar-refractivity contribution in [1.82, 2.24) is 15.1 Å². The Bertz CT molecular complexity index is 767. The Morgan fingerprint density at radius 3 is 2.80 bits per heavy atom. The molecule has 0 spiro atoms. The lowest BCUT2D eigenvalue weighted by Crippen LogP contribution is -2.12. The van der Waals surface area contributed by atoms with Gasteiger partial charge in [0, 0.05) is 24.7 Å². The first-order valence-corrected chi connectivity index (χ1v) is 8.25. The highest BCUT2D eigenvalue weighted by Gasteiger charge is 2.19. The highest BCUT2D eigenvalue weighted by atomic mass is 35.5. The van der Waals surface area contributed by atoms with Crippen LogP contribution in [0.15, 0.2) is 24.3 Å². The SMILES string of the molecule is Cl.[2H]C([2H])(Oc1cc(CNC)nn1CC1CCCC1)c1cc(F)ccc1F. The highest BCUT2D eigenvalue weighted by Crippen LogP contribution is 2.28. The van der Waals surface area contributed by atoms with E-state index in [2.05, 4.69) is 10.4 Å². The van der Waals surface area contributed by atoms with Crippen molar-refractivity contribution in [2.24, 2.45) is 5.92 Å². The second-order valence-corrected chi connectivity index (χ2v) is 6.17. The third-order valence-electron chi connectivity index (χ3n) is 4.25. The summed E-state index contributed by atoms with van der Waals surface area (Å²) in [4.78, 5) is 0. The van der Waals surface area contributed by atoms with Gasteiger partial charge in [-0.25, -0.2) is 13.5 Å². The normalized spacial score (nSPS) is 16.3. The second-order valence-electron chi connectivity index (χ2n) is 6.17. The van der Waals surface area contributed by atoms with Crippen molar-refractivity contribution in [3.8, 4) is 5.88 Å². The average molecular weight is 374 g/mol. The number of benzene rings is 1. The van der Waals surface area contributed by atoms with Crippen LogP contribution in [0.25, 0.3) is 0 Å². The summed E-state index contributed by atoms with van der Waals surface area (Å²) in [5, 5.41) is 7.47. The van der Waals surface area contributed by atoms with Crippen molar-refractivity contribution < 1.29 is 16.3 Å². The average Bonchev–Trinajstić information content (AvgIpc) is 3.21. The highest BCUT2D eigenvalue weighted by molar-refractivity contribution is 5.85. The van der Waals surface area contributed by atoms with Crippen LogP contribution in [-0.2, 0) is 19.6 Å². The van der Waals surface area contributed by atoms with E-state index in [0.717, 1.165) is 31.0 Å². The Hall–Kier alpha value is -1.66. The summed E-state index contributed by atoms with van der Waals surface area (Å²) >= 11 is 0. The van der Waals surface area contributed by atoms with Crippen LogP contribution in [0.3, 0.4) is 0 Å². The van der Waals surface area contributed by atoms with Crippen LogP contribution in [0.4, 0.5) is 8.78 Å². The zero-order chi connectivity index (χ0) is 18.7. The molecule has 0 radical (unpaired) electrons. The van der Waals surface area contributed by atoms with Crippen molar-refractivity contribution in [3.05, 3.63) is 47.2 Å². The van der Waals surface area contributed by atoms with Crippen molar-refractivity contribution >= 4 is 12.4 Å². The Balaban J connectivity index is 0.00000261. The molecule has 1 heterocycles. The molecule has 3 rings (SSSR count). The number of hydrogen-bond donors (Lipinski definition) is 1. The number of nitrogens with zero attached hydrogens (tertiary/aromatic N) is 2. The maximum atomic E-state index is 14.0. The van der Waals surface area contributed by atoms with Gasteiger partial charge in [-0.05, 0) is 44.0 Å². The van der Waals surface area contributed by atoms with Gasteiger partial charge in [0.2, 0.25) is 5.88 Å². The number of nitrogens with one attached hydrogen (secondary N) is 1. The summed E-state index contributed by atoms with van der Waals surface area (Å²) in [7, 11) is 1.79. The van der Waals surface area contributed by atoms with E-state index in [4.69, 9.17) is 7.48 Å². The van der Waals surface area contributed by atoms with Crippen LogP contribution in [0.1, 0.15) is 39.7 Å². The first-order chi connectivity index (χ1) is 12.4. The van der Waals surface area contributed by atoms with E-state index in [9.17, 15) is 8.78 Å². The number of halogens is 3. The molecule has 138 valence electrons. The summed E-state index contributed by atoms with van der Waals surface area (Å²) in [6, 6.07) is 4.31. The molecule has 2 aromatic rings. The number of aromatic nitrogens is 2. The molecule has 0 saturated heterocycles. The smallest absolute Gasteiger partial charge is 0.212 e. The van der Waals surface area contributed by atoms with Gasteiger partial charge >= 0.3 is 0 Å². The fourth-order valence-corrected chi connectivity index (χ4v) is 3.05. The molecule has 1 saturated carbocycles. The Kier molecular flexibility index (Phi) is 6.15. The summed E-state index contributed by atoms with van der Waals surface area (Å²) in [5.41, 5.74) is 0.234. The van der Waals surface area contributed by atoms with Crippen LogP contribution in [0, 0.1) is 17.6 Å². The minimum absolute atomic E-state index is 0. The lowest BCUT2D eigenvalue weighted by Gasteiger charge is -2.13. The van der Waals surface area contributed by atoms with Gasteiger partial charge in [-0.3, -0.25) is 0 Å². The molecule has 25 heavy (non-hydrogen) atoms. The maximum absolute atomic E-state index is 14.0. The molecule has 1 aliphatic rings. The van der Waals surface area contributed by atoms with Crippen molar-refractivity contribution in [2.75, 3.05) is 7.05 Å². The summed E-state index contributed by atoms with van der Waals surface area (Å²) < 4.78 is 50.8. The van der Waals surface area contributed by atoms with Crippen LogP contribution in [0.5, 0.6) is 5.88 Å². The zero-order valence-corrected chi connectivity index (χ0v) is 14.9. The van der Waals surface area contributed by atoms with Crippen molar-refractivity contribution in [1.29, 1.82) is 0 Å². The quantitative estimate of drug-likeness (QED) is 0.795.